The van der Waals surface area contributed by atoms with E-state index in [-0.39, 0.29) is 6.04 Å². The molecule has 2 heterocycles. The lowest BCUT2D eigenvalue weighted by Gasteiger charge is -2.23. The summed E-state index contributed by atoms with van der Waals surface area (Å²) in [6.45, 7) is 12.3. The van der Waals surface area contributed by atoms with Gasteiger partial charge in [-0.1, -0.05) is 81.8 Å². The lowest BCUT2D eigenvalue weighted by atomic mass is 9.98. The highest BCUT2D eigenvalue weighted by atomic mass is 14.9. The van der Waals surface area contributed by atoms with E-state index in [0.29, 0.717) is 6.04 Å². The van der Waals surface area contributed by atoms with Crippen molar-refractivity contribution in [2.24, 2.45) is 0 Å². The number of hydrogen-bond donors (Lipinski definition) is 2. The van der Waals surface area contributed by atoms with Gasteiger partial charge in [0, 0.05) is 18.4 Å². The lowest BCUT2D eigenvalue weighted by Crippen LogP contribution is -2.30. The number of nitrogens with one attached hydrogen (secondary N) is 2. The van der Waals surface area contributed by atoms with Crippen molar-refractivity contribution in [2.45, 2.75) is 53.6 Å². The summed E-state index contributed by atoms with van der Waals surface area (Å²) in [4.78, 5) is 0. The summed E-state index contributed by atoms with van der Waals surface area (Å²) in [7, 11) is 0. The van der Waals surface area contributed by atoms with Crippen LogP contribution in [0.15, 0.2) is 66.5 Å². The number of dihydropyridines is 2. The molecule has 2 aliphatic rings. The van der Waals surface area contributed by atoms with Crippen molar-refractivity contribution < 1.29 is 0 Å². The first kappa shape index (κ1) is 19.8. The maximum absolute atomic E-state index is 3.46. The molecule has 2 nitrogen and oxygen atoms in total. The monoisotopic (exact) mass is 324 g/mol. The first-order valence-corrected chi connectivity index (χ1v) is 9.08. The number of benzene rings is 1. The fraction of sp³-hybridized carbons (Fsp3) is 0.364. The second-order valence-electron chi connectivity index (χ2n) is 5.43. The molecule has 2 N–H and O–H groups in total. The highest BCUT2D eigenvalue weighted by Gasteiger charge is 2.14. The van der Waals surface area contributed by atoms with E-state index in [9.17, 15) is 0 Å². The first-order valence-electron chi connectivity index (χ1n) is 9.08. The molecule has 0 saturated carbocycles. The van der Waals surface area contributed by atoms with Crippen molar-refractivity contribution in [3.05, 3.63) is 77.7 Å². The van der Waals surface area contributed by atoms with E-state index in [4.69, 9.17) is 0 Å². The smallest absolute Gasteiger partial charge is 0.0710 e. The normalized spacial score (nSPS) is 20.9. The van der Waals surface area contributed by atoms with Crippen molar-refractivity contribution in [3.63, 3.8) is 0 Å². The molecule has 24 heavy (non-hydrogen) atoms. The Kier molecular flexibility index (Phi) is 8.70. The van der Waals surface area contributed by atoms with Crippen molar-refractivity contribution in [2.75, 3.05) is 0 Å². The van der Waals surface area contributed by atoms with Gasteiger partial charge < -0.3 is 10.6 Å². The van der Waals surface area contributed by atoms with Crippen LogP contribution >= 0.6 is 0 Å². The molecule has 2 aliphatic heterocycles. The third kappa shape index (κ3) is 5.45. The maximum Gasteiger partial charge on any atom is 0.0710 e. The molecule has 2 heteroatoms. The fourth-order valence-corrected chi connectivity index (χ4v) is 2.40. The zero-order valence-electron chi connectivity index (χ0n) is 15.9. The summed E-state index contributed by atoms with van der Waals surface area (Å²) in [5, 5.41) is 6.79. The summed E-state index contributed by atoms with van der Waals surface area (Å²) in [6.07, 6.45) is 13.0. The van der Waals surface area contributed by atoms with Crippen LogP contribution in [0.25, 0.3) is 5.57 Å². The van der Waals surface area contributed by atoms with E-state index in [1.807, 2.05) is 27.7 Å². The third-order valence-electron chi connectivity index (χ3n) is 3.72. The molecule has 130 valence electrons. The Morgan fingerprint density at radius 2 is 1.46 bits per heavy atom. The van der Waals surface area contributed by atoms with Gasteiger partial charge in [0.1, 0.15) is 0 Å². The molecule has 3 rings (SSSR count). The van der Waals surface area contributed by atoms with E-state index in [1.165, 1.54) is 22.3 Å². The van der Waals surface area contributed by atoms with Gasteiger partial charge in [-0.3, -0.25) is 0 Å². The van der Waals surface area contributed by atoms with Crippen LogP contribution < -0.4 is 10.6 Å². The van der Waals surface area contributed by atoms with Crippen molar-refractivity contribution >= 4 is 5.57 Å². The lowest BCUT2D eigenvalue weighted by molar-refractivity contribution is 0.720. The standard InChI is InChI=1S/C18H20N2.2C2H6/c1-13-3-6-15(7-4-13)16-9-10-18(20-11-16)17-8-5-14(2)19-12-17;2*1-2/h3-12,14,18-20H,1-2H3;2*1-2H3. The Morgan fingerprint density at radius 1 is 0.792 bits per heavy atom. The summed E-state index contributed by atoms with van der Waals surface area (Å²) in [5.41, 5.74) is 5.02. The van der Waals surface area contributed by atoms with Crippen LogP contribution in [-0.2, 0) is 0 Å². The predicted octanol–water partition coefficient (Wildman–Crippen LogP) is 5.35. The van der Waals surface area contributed by atoms with Crippen LogP contribution in [0.2, 0.25) is 0 Å². The molecular formula is C22H32N2. The molecule has 2 unspecified atom stereocenters. The zero-order chi connectivity index (χ0) is 17.9. The minimum absolute atomic E-state index is 0.250. The Balaban J connectivity index is 0.000000671. The molecule has 2 atom stereocenters. The van der Waals surface area contributed by atoms with Gasteiger partial charge >= 0.3 is 0 Å². The van der Waals surface area contributed by atoms with E-state index in [1.54, 1.807) is 0 Å². The van der Waals surface area contributed by atoms with Gasteiger partial charge in [-0.05, 0) is 30.6 Å². The van der Waals surface area contributed by atoms with Gasteiger partial charge in [0.15, 0.2) is 0 Å². The number of hydrogen-bond acceptors (Lipinski definition) is 2. The van der Waals surface area contributed by atoms with E-state index >= 15 is 0 Å². The summed E-state index contributed by atoms with van der Waals surface area (Å²) >= 11 is 0. The van der Waals surface area contributed by atoms with Crippen LogP contribution in [0.4, 0.5) is 0 Å². The van der Waals surface area contributed by atoms with Crippen LogP contribution in [0.1, 0.15) is 45.7 Å². The Bertz CT molecular complexity index is 603. The molecule has 0 amide bonds. The predicted molar refractivity (Wildman–Crippen MR) is 108 cm³/mol. The summed E-state index contributed by atoms with van der Waals surface area (Å²) in [5.74, 6) is 0. The minimum atomic E-state index is 0.250. The SMILES string of the molecule is CC.CC.Cc1ccc(C2=CNC(C3=CNC(C)C=C3)C=C2)cc1. The Hall–Kier alpha value is -2.22. The highest BCUT2D eigenvalue weighted by Crippen LogP contribution is 2.21. The number of rotatable bonds is 2. The molecule has 1 aromatic carbocycles. The molecule has 0 bridgehead atoms. The second-order valence-corrected chi connectivity index (χ2v) is 5.43. The van der Waals surface area contributed by atoms with Gasteiger partial charge in [-0.25, -0.2) is 0 Å². The van der Waals surface area contributed by atoms with Gasteiger partial charge in [-0.2, -0.15) is 0 Å². The topological polar surface area (TPSA) is 24.1 Å². The molecule has 0 saturated heterocycles. The summed E-state index contributed by atoms with van der Waals surface area (Å²) < 4.78 is 0. The second kappa shape index (κ2) is 10.5. The van der Waals surface area contributed by atoms with Crippen molar-refractivity contribution in [3.8, 4) is 0 Å². The summed E-state index contributed by atoms with van der Waals surface area (Å²) in [6, 6.07) is 9.29. The van der Waals surface area contributed by atoms with Crippen LogP contribution in [0.5, 0.6) is 0 Å². The van der Waals surface area contributed by atoms with Crippen LogP contribution in [-0.4, -0.2) is 12.1 Å². The van der Waals surface area contributed by atoms with E-state index < -0.39 is 0 Å². The van der Waals surface area contributed by atoms with Crippen LogP contribution in [0, 0.1) is 6.92 Å². The quantitative estimate of drug-likeness (QED) is 0.766. The van der Waals surface area contributed by atoms with Crippen LogP contribution in [0.3, 0.4) is 0 Å². The van der Waals surface area contributed by atoms with Gasteiger partial charge in [-0.15, -0.1) is 0 Å². The van der Waals surface area contributed by atoms with Crippen molar-refractivity contribution in [1.29, 1.82) is 0 Å². The molecule has 0 fully saturated rings. The largest absolute Gasteiger partial charge is 0.385 e. The maximum atomic E-state index is 3.46. The molecular weight excluding hydrogens is 292 g/mol. The fourth-order valence-electron chi connectivity index (χ4n) is 2.40. The highest BCUT2D eigenvalue weighted by molar-refractivity contribution is 5.75. The molecule has 0 spiro atoms. The average Bonchev–Trinajstić information content (AvgIpc) is 2.66. The number of allylic oxidation sites excluding steroid dienone is 2. The molecule has 0 aliphatic carbocycles. The van der Waals surface area contributed by atoms with Gasteiger partial charge in [0.25, 0.3) is 0 Å². The molecule has 1 aromatic rings. The van der Waals surface area contributed by atoms with Crippen molar-refractivity contribution in [1.82, 2.24) is 10.6 Å². The van der Waals surface area contributed by atoms with Gasteiger partial charge in [0.05, 0.1) is 6.04 Å². The van der Waals surface area contributed by atoms with E-state index in [0.717, 1.165) is 0 Å². The average molecular weight is 325 g/mol. The number of aryl methyl sites for hydroxylation is 1. The zero-order valence-corrected chi connectivity index (χ0v) is 15.9. The molecule has 0 aromatic heterocycles. The Labute approximate surface area is 148 Å². The first-order chi connectivity index (χ1) is 11.7. The minimum Gasteiger partial charge on any atom is -0.385 e. The Morgan fingerprint density at radius 3 is 1.96 bits per heavy atom. The third-order valence-corrected chi connectivity index (χ3v) is 3.72. The van der Waals surface area contributed by atoms with Gasteiger partial charge in [0.2, 0.25) is 0 Å². The van der Waals surface area contributed by atoms with E-state index in [2.05, 4.69) is 85.5 Å². The molecule has 0 radical (unpaired) electrons.